The molecule has 4 N–H and O–H groups in total. The van der Waals surface area contributed by atoms with Crippen molar-refractivity contribution < 1.29 is 5.11 Å². The van der Waals surface area contributed by atoms with Crippen LogP contribution in [0.15, 0.2) is 16.6 Å². The van der Waals surface area contributed by atoms with Crippen LogP contribution in [-0.2, 0) is 0 Å². The van der Waals surface area contributed by atoms with Crippen molar-refractivity contribution >= 4 is 21.6 Å². The summed E-state index contributed by atoms with van der Waals surface area (Å²) >= 11 is 3.49. The maximum Gasteiger partial charge on any atom is 0.144 e. The smallest absolute Gasteiger partial charge is 0.144 e. The molecule has 0 amide bonds. The molecule has 5 heteroatoms. The van der Waals surface area contributed by atoms with Crippen LogP contribution in [0.4, 0.5) is 5.69 Å². The molecule has 17 heavy (non-hydrogen) atoms. The molecule has 4 nitrogen and oxygen atoms in total. The predicted octanol–water partition coefficient (Wildman–Crippen LogP) is 1.70. The number of aromatic hydroxyl groups is 1. The minimum atomic E-state index is 0.162. The van der Waals surface area contributed by atoms with Crippen LogP contribution in [0, 0.1) is 0 Å². The van der Waals surface area contributed by atoms with Gasteiger partial charge in [0.2, 0.25) is 0 Å². The summed E-state index contributed by atoms with van der Waals surface area (Å²) in [5, 5.41) is 13.4. The van der Waals surface area contributed by atoms with Gasteiger partial charge in [0.25, 0.3) is 0 Å². The van der Waals surface area contributed by atoms with Crippen LogP contribution in [0.2, 0.25) is 0 Å². The Kier molecular flexibility index (Phi) is 3.91. The number of halogens is 1. The minimum absolute atomic E-state index is 0.162. The number of phenolic OH excluding ortho intramolecular Hbond substituents is 1. The average molecular weight is 300 g/mol. The first kappa shape index (κ1) is 12.7. The molecule has 94 valence electrons. The Morgan fingerprint density at radius 1 is 1.41 bits per heavy atom. The Balaban J connectivity index is 2.29. The number of anilines is 1. The van der Waals surface area contributed by atoms with Crippen LogP contribution in [0.1, 0.15) is 18.5 Å². The van der Waals surface area contributed by atoms with Crippen molar-refractivity contribution in [2.24, 2.45) is 0 Å². The van der Waals surface area contributed by atoms with E-state index in [9.17, 15) is 5.11 Å². The standard InChI is InChI=1S/C12H18BrN3O/c1-8(16-6-4-15-5-7-16)11-9(13)2-3-10(14)12(11)17/h2-3,8,15,17H,4-7,14H2,1H3/t8-/m1/s1. The van der Waals surface area contributed by atoms with Gasteiger partial charge >= 0.3 is 0 Å². The van der Waals surface area contributed by atoms with Gasteiger partial charge in [-0.3, -0.25) is 4.90 Å². The zero-order valence-electron chi connectivity index (χ0n) is 9.91. The van der Waals surface area contributed by atoms with Crippen molar-refractivity contribution in [2.75, 3.05) is 31.9 Å². The third-order valence-electron chi connectivity index (χ3n) is 3.31. The highest BCUT2D eigenvalue weighted by molar-refractivity contribution is 9.10. The third-order valence-corrected chi connectivity index (χ3v) is 4.00. The topological polar surface area (TPSA) is 61.5 Å². The second-order valence-electron chi connectivity index (χ2n) is 4.36. The van der Waals surface area contributed by atoms with Gasteiger partial charge in [0.15, 0.2) is 0 Å². The minimum Gasteiger partial charge on any atom is -0.505 e. The van der Waals surface area contributed by atoms with E-state index in [0.29, 0.717) is 5.69 Å². The molecular formula is C12H18BrN3O. The molecule has 0 spiro atoms. The van der Waals surface area contributed by atoms with Gasteiger partial charge in [0.05, 0.1) is 5.69 Å². The second-order valence-corrected chi connectivity index (χ2v) is 5.22. The van der Waals surface area contributed by atoms with Gasteiger partial charge in [-0.05, 0) is 19.1 Å². The lowest BCUT2D eigenvalue weighted by Gasteiger charge is -2.33. The molecule has 1 aliphatic rings. The molecule has 0 bridgehead atoms. The summed E-state index contributed by atoms with van der Waals surface area (Å²) in [7, 11) is 0. The molecule has 1 aliphatic heterocycles. The van der Waals surface area contributed by atoms with Crippen LogP contribution in [0.5, 0.6) is 5.75 Å². The highest BCUT2D eigenvalue weighted by Crippen LogP contribution is 2.38. The van der Waals surface area contributed by atoms with Crippen molar-refractivity contribution in [1.82, 2.24) is 10.2 Å². The Labute approximate surface area is 110 Å². The van der Waals surface area contributed by atoms with E-state index in [1.54, 1.807) is 6.07 Å². The summed E-state index contributed by atoms with van der Waals surface area (Å²) < 4.78 is 0.912. The number of phenols is 1. The Bertz CT molecular complexity index is 405. The molecular weight excluding hydrogens is 282 g/mol. The molecule has 1 fully saturated rings. The monoisotopic (exact) mass is 299 g/mol. The van der Waals surface area contributed by atoms with Crippen LogP contribution in [-0.4, -0.2) is 36.2 Å². The molecule has 0 radical (unpaired) electrons. The van der Waals surface area contributed by atoms with Crippen LogP contribution < -0.4 is 11.1 Å². The number of hydrogen-bond donors (Lipinski definition) is 3. The summed E-state index contributed by atoms with van der Waals surface area (Å²) in [5.41, 5.74) is 7.07. The van der Waals surface area contributed by atoms with Crippen molar-refractivity contribution in [3.8, 4) is 5.75 Å². The van der Waals surface area contributed by atoms with Gasteiger partial charge in [-0.25, -0.2) is 0 Å². The van der Waals surface area contributed by atoms with Gasteiger partial charge in [-0.2, -0.15) is 0 Å². The lowest BCUT2D eigenvalue weighted by atomic mass is 10.0. The number of nitrogen functional groups attached to an aromatic ring is 1. The first-order valence-corrected chi connectivity index (χ1v) is 6.62. The molecule has 0 aliphatic carbocycles. The summed E-state index contributed by atoms with van der Waals surface area (Å²) in [4.78, 5) is 2.34. The van der Waals surface area contributed by atoms with Crippen molar-refractivity contribution in [1.29, 1.82) is 0 Å². The van der Waals surface area contributed by atoms with E-state index in [4.69, 9.17) is 5.73 Å². The zero-order valence-corrected chi connectivity index (χ0v) is 11.5. The fraction of sp³-hybridized carbons (Fsp3) is 0.500. The molecule has 1 aromatic rings. The van der Waals surface area contributed by atoms with Crippen LogP contribution >= 0.6 is 15.9 Å². The average Bonchev–Trinajstić information content (AvgIpc) is 2.35. The molecule has 1 aromatic carbocycles. The number of piperazine rings is 1. The number of nitrogens with zero attached hydrogens (tertiary/aromatic N) is 1. The van der Waals surface area contributed by atoms with Gasteiger partial charge in [0, 0.05) is 42.3 Å². The second kappa shape index (κ2) is 5.25. The van der Waals surface area contributed by atoms with Crippen LogP contribution in [0.3, 0.4) is 0 Å². The van der Waals surface area contributed by atoms with E-state index in [1.165, 1.54) is 0 Å². The Morgan fingerprint density at radius 2 is 2.06 bits per heavy atom. The van der Waals surface area contributed by atoms with E-state index in [0.717, 1.165) is 36.2 Å². The van der Waals surface area contributed by atoms with E-state index in [2.05, 4.69) is 33.1 Å². The lowest BCUT2D eigenvalue weighted by Crippen LogP contribution is -2.44. The first-order chi connectivity index (χ1) is 8.11. The summed E-state index contributed by atoms with van der Waals surface area (Å²) in [6.45, 7) is 6.06. The quantitative estimate of drug-likeness (QED) is 0.575. The summed E-state index contributed by atoms with van der Waals surface area (Å²) in [6, 6.07) is 3.77. The molecule has 1 atom stereocenters. The maximum atomic E-state index is 10.1. The van der Waals surface area contributed by atoms with Crippen molar-refractivity contribution in [3.63, 3.8) is 0 Å². The fourth-order valence-corrected chi connectivity index (χ4v) is 2.90. The third kappa shape index (κ3) is 2.56. The molecule has 0 saturated carbocycles. The molecule has 1 saturated heterocycles. The number of nitrogens with two attached hydrogens (primary N) is 1. The predicted molar refractivity (Wildman–Crippen MR) is 73.1 cm³/mol. The lowest BCUT2D eigenvalue weighted by molar-refractivity contribution is 0.182. The molecule has 2 rings (SSSR count). The van der Waals surface area contributed by atoms with Gasteiger partial charge in [-0.15, -0.1) is 0 Å². The zero-order chi connectivity index (χ0) is 12.4. The normalized spacial score (nSPS) is 19.2. The molecule has 1 heterocycles. The SMILES string of the molecule is C[C@H](c1c(Br)ccc(N)c1O)N1CCNCC1. The van der Waals surface area contributed by atoms with Crippen LogP contribution in [0.25, 0.3) is 0 Å². The van der Waals surface area contributed by atoms with E-state index >= 15 is 0 Å². The number of benzene rings is 1. The van der Waals surface area contributed by atoms with Gasteiger partial charge in [-0.1, -0.05) is 15.9 Å². The first-order valence-electron chi connectivity index (χ1n) is 5.83. The van der Waals surface area contributed by atoms with E-state index < -0.39 is 0 Å². The summed E-state index contributed by atoms with van der Waals surface area (Å²) in [5.74, 6) is 0.199. The van der Waals surface area contributed by atoms with E-state index in [1.807, 2.05) is 6.07 Å². The Morgan fingerprint density at radius 3 is 2.71 bits per heavy atom. The van der Waals surface area contributed by atoms with Crippen molar-refractivity contribution in [2.45, 2.75) is 13.0 Å². The molecule has 0 aromatic heterocycles. The summed E-state index contributed by atoms with van der Waals surface area (Å²) in [6.07, 6.45) is 0. The number of hydrogen-bond acceptors (Lipinski definition) is 4. The van der Waals surface area contributed by atoms with Gasteiger partial charge < -0.3 is 16.2 Å². The highest BCUT2D eigenvalue weighted by atomic mass is 79.9. The fourth-order valence-electron chi connectivity index (χ4n) is 2.25. The Hall–Kier alpha value is -0.780. The highest BCUT2D eigenvalue weighted by Gasteiger charge is 2.23. The largest absolute Gasteiger partial charge is 0.505 e. The number of nitrogens with one attached hydrogen (secondary N) is 1. The van der Waals surface area contributed by atoms with Crippen molar-refractivity contribution in [3.05, 3.63) is 22.2 Å². The van der Waals surface area contributed by atoms with Gasteiger partial charge in [0.1, 0.15) is 5.75 Å². The van der Waals surface area contributed by atoms with E-state index in [-0.39, 0.29) is 11.8 Å². The molecule has 0 unspecified atom stereocenters. The number of rotatable bonds is 2. The maximum absolute atomic E-state index is 10.1.